The van der Waals surface area contributed by atoms with Crippen LogP contribution in [-0.4, -0.2) is 53.8 Å². The van der Waals surface area contributed by atoms with Crippen LogP contribution in [0, 0.1) is 5.92 Å². The lowest BCUT2D eigenvalue weighted by molar-refractivity contribution is 0.100. The fraction of sp³-hybridized carbons (Fsp3) is 0.273. The predicted octanol–water partition coefficient (Wildman–Crippen LogP) is 2.43. The van der Waals surface area contributed by atoms with Crippen molar-refractivity contribution >= 4 is 50.6 Å². The second kappa shape index (κ2) is 10.5. The zero-order chi connectivity index (χ0) is 25.2. The molecule has 184 valence electrons. The number of ketones is 2. The Bertz CT molecular complexity index is 1350. The standard InChI is InChI=1S/C22H21ClN4O6S2/c23-21-15(19(29)12-4-2-1-3-5-12)8-18(34-21)20(30)16-9-25-11-26-22(16)27-14-6-13(17(28)7-14)10-33-35(24,31)32/h1-5,8-9,11,13-14,17,28H,6-7,10H2,(H2,24,31,32)(H,25,26,27)/t13-,14?,17+/m1/s1. The third kappa shape index (κ3) is 6.10. The van der Waals surface area contributed by atoms with Gasteiger partial charge in [-0.3, -0.25) is 13.8 Å². The van der Waals surface area contributed by atoms with Gasteiger partial charge >= 0.3 is 10.3 Å². The SMILES string of the molecule is NS(=O)(=O)OC[C@H]1CC(Nc2ncncc2C(=O)c2cc(C(=O)c3ccccc3)c(Cl)s2)C[C@@H]1O. The van der Waals surface area contributed by atoms with Crippen LogP contribution in [0.1, 0.15) is 44.0 Å². The zero-order valence-corrected chi connectivity index (χ0v) is 20.5. The molecule has 1 aromatic carbocycles. The van der Waals surface area contributed by atoms with Crippen LogP contribution >= 0.6 is 22.9 Å². The Labute approximate surface area is 210 Å². The lowest BCUT2D eigenvalue weighted by atomic mass is 10.0. The van der Waals surface area contributed by atoms with Gasteiger partial charge in [0.25, 0.3) is 0 Å². The molecule has 3 atom stereocenters. The molecule has 13 heteroatoms. The lowest BCUT2D eigenvalue weighted by Gasteiger charge is -2.15. The van der Waals surface area contributed by atoms with Gasteiger partial charge in [-0.25, -0.2) is 15.1 Å². The minimum atomic E-state index is -4.12. The van der Waals surface area contributed by atoms with Gasteiger partial charge in [0.1, 0.15) is 16.5 Å². The summed E-state index contributed by atoms with van der Waals surface area (Å²) in [7, 11) is -4.12. The van der Waals surface area contributed by atoms with E-state index in [0.717, 1.165) is 11.3 Å². The van der Waals surface area contributed by atoms with Crippen molar-refractivity contribution in [2.24, 2.45) is 11.1 Å². The molecule has 0 bridgehead atoms. The van der Waals surface area contributed by atoms with Crippen LogP contribution in [0.15, 0.2) is 48.9 Å². The Morgan fingerprint density at radius 1 is 1.20 bits per heavy atom. The van der Waals surface area contributed by atoms with Crippen LogP contribution in [0.3, 0.4) is 0 Å². The third-order valence-corrected chi connectivity index (χ3v) is 7.41. The summed E-state index contributed by atoms with van der Waals surface area (Å²) in [5.41, 5.74) is 0.856. The summed E-state index contributed by atoms with van der Waals surface area (Å²) in [6.07, 6.45) is 2.47. The molecule has 1 aliphatic rings. The van der Waals surface area contributed by atoms with Crippen molar-refractivity contribution in [1.82, 2.24) is 9.97 Å². The maximum absolute atomic E-state index is 13.3. The molecule has 0 saturated heterocycles. The highest BCUT2D eigenvalue weighted by molar-refractivity contribution is 7.84. The van der Waals surface area contributed by atoms with Crippen molar-refractivity contribution in [3.05, 3.63) is 74.8 Å². The Morgan fingerprint density at radius 3 is 2.66 bits per heavy atom. The summed E-state index contributed by atoms with van der Waals surface area (Å²) in [6, 6.07) is 9.77. The van der Waals surface area contributed by atoms with Gasteiger partial charge in [0.15, 0.2) is 5.78 Å². The first-order valence-corrected chi connectivity index (χ1v) is 13.1. The fourth-order valence-corrected chi connectivity index (χ4v) is 5.49. The third-order valence-electron chi connectivity index (χ3n) is 5.59. The number of benzene rings is 1. The molecule has 0 spiro atoms. The molecular formula is C22H21ClN4O6S2. The molecule has 0 aliphatic heterocycles. The van der Waals surface area contributed by atoms with Crippen molar-refractivity contribution in [3.63, 3.8) is 0 Å². The molecule has 2 aromatic heterocycles. The molecule has 35 heavy (non-hydrogen) atoms. The molecule has 1 fully saturated rings. The number of aromatic nitrogens is 2. The van der Waals surface area contributed by atoms with Gasteiger partial charge in [-0.1, -0.05) is 41.9 Å². The van der Waals surface area contributed by atoms with Gasteiger partial charge in [0.05, 0.1) is 28.7 Å². The number of hydrogen-bond donors (Lipinski definition) is 3. The second-order valence-corrected chi connectivity index (χ2v) is 10.9. The summed E-state index contributed by atoms with van der Waals surface area (Å²) in [6.45, 7) is -0.250. The molecular weight excluding hydrogens is 516 g/mol. The smallest absolute Gasteiger partial charge is 0.333 e. The van der Waals surface area contributed by atoms with E-state index in [4.69, 9.17) is 16.7 Å². The van der Waals surface area contributed by atoms with E-state index in [1.54, 1.807) is 30.3 Å². The number of nitrogens with two attached hydrogens (primary N) is 1. The van der Waals surface area contributed by atoms with E-state index in [-0.39, 0.29) is 51.0 Å². The van der Waals surface area contributed by atoms with Gasteiger partial charge in [0.2, 0.25) is 5.78 Å². The summed E-state index contributed by atoms with van der Waals surface area (Å²) >= 11 is 7.29. The number of anilines is 1. The number of aliphatic hydroxyl groups is 1. The Morgan fingerprint density at radius 2 is 1.94 bits per heavy atom. The first kappa shape index (κ1) is 25.4. The van der Waals surface area contributed by atoms with Crippen LogP contribution < -0.4 is 10.5 Å². The van der Waals surface area contributed by atoms with E-state index >= 15 is 0 Å². The first-order valence-electron chi connectivity index (χ1n) is 10.5. The highest BCUT2D eigenvalue weighted by Crippen LogP contribution is 2.33. The van der Waals surface area contributed by atoms with Crippen molar-refractivity contribution in [3.8, 4) is 0 Å². The van der Waals surface area contributed by atoms with Gasteiger partial charge in [-0.05, 0) is 18.9 Å². The van der Waals surface area contributed by atoms with Crippen LogP contribution in [0.25, 0.3) is 0 Å². The number of rotatable bonds is 9. The largest absolute Gasteiger partial charge is 0.393 e. The number of nitrogens with zero attached hydrogens (tertiary/aromatic N) is 2. The molecule has 10 nitrogen and oxygen atoms in total. The average molecular weight is 537 g/mol. The number of nitrogens with one attached hydrogen (secondary N) is 1. The van der Waals surface area contributed by atoms with Gasteiger partial charge in [-0.2, -0.15) is 8.42 Å². The first-order chi connectivity index (χ1) is 16.6. The lowest BCUT2D eigenvalue weighted by Crippen LogP contribution is -2.24. The number of halogens is 1. The number of thiophene rings is 1. The van der Waals surface area contributed by atoms with Gasteiger partial charge < -0.3 is 10.4 Å². The van der Waals surface area contributed by atoms with Crippen molar-refractivity contribution in [1.29, 1.82) is 0 Å². The molecule has 4 rings (SSSR count). The molecule has 1 unspecified atom stereocenters. The highest BCUT2D eigenvalue weighted by Gasteiger charge is 2.35. The Balaban J connectivity index is 1.51. The van der Waals surface area contributed by atoms with Crippen molar-refractivity contribution in [2.45, 2.75) is 25.0 Å². The molecule has 1 aliphatic carbocycles. The maximum Gasteiger partial charge on any atom is 0.333 e. The summed E-state index contributed by atoms with van der Waals surface area (Å²) in [4.78, 5) is 34.5. The molecule has 0 amide bonds. The zero-order valence-electron chi connectivity index (χ0n) is 18.1. The van der Waals surface area contributed by atoms with E-state index < -0.39 is 28.1 Å². The Hall–Kier alpha value is -2.74. The minimum Gasteiger partial charge on any atom is -0.393 e. The second-order valence-electron chi connectivity index (χ2n) is 8.02. The average Bonchev–Trinajstić information content (AvgIpc) is 3.39. The normalized spacial score (nSPS) is 20.0. The molecule has 0 radical (unpaired) electrons. The summed E-state index contributed by atoms with van der Waals surface area (Å²) < 4.78 is 26.9. The van der Waals surface area contributed by atoms with Crippen LogP contribution in [0.5, 0.6) is 0 Å². The van der Waals surface area contributed by atoms with Crippen LogP contribution in [0.4, 0.5) is 5.82 Å². The number of carbonyl (C=O) groups is 2. The number of carbonyl (C=O) groups excluding carboxylic acids is 2. The monoisotopic (exact) mass is 536 g/mol. The van der Waals surface area contributed by atoms with Crippen molar-refractivity contribution in [2.75, 3.05) is 11.9 Å². The topological polar surface area (TPSA) is 162 Å². The highest BCUT2D eigenvalue weighted by atomic mass is 35.5. The van der Waals surface area contributed by atoms with E-state index in [2.05, 4.69) is 19.5 Å². The number of aliphatic hydroxyl groups excluding tert-OH is 1. The minimum absolute atomic E-state index is 0.169. The Kier molecular flexibility index (Phi) is 7.59. The van der Waals surface area contributed by atoms with E-state index in [0.29, 0.717) is 12.0 Å². The molecule has 1 saturated carbocycles. The van der Waals surface area contributed by atoms with E-state index in [1.807, 2.05) is 0 Å². The van der Waals surface area contributed by atoms with E-state index in [1.165, 1.54) is 18.6 Å². The molecule has 2 heterocycles. The predicted molar refractivity (Wildman–Crippen MR) is 130 cm³/mol. The maximum atomic E-state index is 13.3. The van der Waals surface area contributed by atoms with E-state index in [9.17, 15) is 23.1 Å². The van der Waals surface area contributed by atoms with Crippen LogP contribution in [0.2, 0.25) is 4.34 Å². The van der Waals surface area contributed by atoms with Gasteiger partial charge in [0, 0.05) is 23.7 Å². The fourth-order valence-electron chi connectivity index (χ4n) is 3.90. The molecule has 3 aromatic rings. The van der Waals surface area contributed by atoms with Crippen LogP contribution in [-0.2, 0) is 14.5 Å². The summed E-state index contributed by atoms with van der Waals surface area (Å²) in [5.74, 6) is -0.925. The summed E-state index contributed by atoms with van der Waals surface area (Å²) in [5, 5.41) is 18.3. The quantitative estimate of drug-likeness (QED) is 0.348. The van der Waals surface area contributed by atoms with Gasteiger partial charge in [-0.15, -0.1) is 11.3 Å². The number of hydrogen-bond acceptors (Lipinski definition) is 10. The molecule has 4 N–H and O–H groups in total. The van der Waals surface area contributed by atoms with Crippen molar-refractivity contribution < 1.29 is 27.3 Å².